The van der Waals surface area contributed by atoms with Crippen molar-refractivity contribution in [2.75, 3.05) is 30.8 Å². The van der Waals surface area contributed by atoms with Gasteiger partial charge in [0.15, 0.2) is 0 Å². The molecule has 0 aliphatic heterocycles. The third-order valence-corrected chi connectivity index (χ3v) is 2.94. The molecule has 1 aromatic heterocycles. The van der Waals surface area contributed by atoms with Gasteiger partial charge in [-0.1, -0.05) is 0 Å². The summed E-state index contributed by atoms with van der Waals surface area (Å²) >= 11 is 0. The maximum atomic E-state index is 5.86. The molecule has 2 rings (SSSR count). The van der Waals surface area contributed by atoms with Gasteiger partial charge in [-0.2, -0.15) is 4.98 Å². The number of nitrogens with two attached hydrogens (primary N) is 1. The van der Waals surface area contributed by atoms with Crippen LogP contribution in [0, 0.1) is 0 Å². The predicted molar refractivity (Wildman–Crippen MR) is 74.3 cm³/mol. The van der Waals surface area contributed by atoms with Crippen molar-refractivity contribution in [3.8, 4) is 17.2 Å². The summed E-state index contributed by atoms with van der Waals surface area (Å²) < 4.78 is 10.4. The molecule has 6 nitrogen and oxygen atoms in total. The van der Waals surface area contributed by atoms with Gasteiger partial charge in [0.25, 0.3) is 11.8 Å². The zero-order valence-electron chi connectivity index (χ0n) is 11.4. The van der Waals surface area contributed by atoms with Crippen molar-refractivity contribution in [1.29, 1.82) is 0 Å². The summed E-state index contributed by atoms with van der Waals surface area (Å²) in [5.41, 5.74) is 7.19. The Kier molecular flexibility index (Phi) is 3.89. The van der Waals surface area contributed by atoms with Crippen LogP contribution in [0.1, 0.15) is 13.8 Å². The van der Waals surface area contributed by atoms with E-state index in [4.69, 9.17) is 15.0 Å². The zero-order valence-corrected chi connectivity index (χ0v) is 11.4. The van der Waals surface area contributed by atoms with Gasteiger partial charge in [0.05, 0.1) is 12.8 Å². The van der Waals surface area contributed by atoms with Gasteiger partial charge in [-0.15, -0.1) is 0 Å². The Hall–Kier alpha value is -2.24. The van der Waals surface area contributed by atoms with Gasteiger partial charge in [-0.3, -0.25) is 0 Å². The number of aromatic nitrogens is 2. The van der Waals surface area contributed by atoms with Crippen LogP contribution >= 0.6 is 0 Å². The van der Waals surface area contributed by atoms with Gasteiger partial charge in [-0.05, 0) is 37.2 Å². The van der Waals surface area contributed by atoms with Crippen molar-refractivity contribution in [2.24, 2.45) is 0 Å². The molecule has 0 aliphatic rings. The molecule has 0 fully saturated rings. The molecular formula is C13H18N4O2. The average molecular weight is 262 g/mol. The summed E-state index contributed by atoms with van der Waals surface area (Å²) in [6.07, 6.45) is 0. The van der Waals surface area contributed by atoms with E-state index >= 15 is 0 Å². The molecular weight excluding hydrogens is 244 g/mol. The highest BCUT2D eigenvalue weighted by molar-refractivity contribution is 5.65. The smallest absolute Gasteiger partial charge is 0.266 e. The molecule has 1 aromatic carbocycles. The van der Waals surface area contributed by atoms with Crippen molar-refractivity contribution in [2.45, 2.75) is 13.8 Å². The molecule has 0 amide bonds. The minimum absolute atomic E-state index is 0.455. The zero-order chi connectivity index (χ0) is 13.8. The molecule has 0 spiro atoms. The first kappa shape index (κ1) is 13.2. The molecule has 0 radical (unpaired) electrons. The summed E-state index contributed by atoms with van der Waals surface area (Å²) in [6.45, 7) is 5.76. The molecule has 1 heterocycles. The SMILES string of the molecule is CCN(CC)c1noc(-c2ccc(OC)c(N)c2)n1. The minimum Gasteiger partial charge on any atom is -0.495 e. The number of ether oxygens (including phenoxy) is 1. The first-order chi connectivity index (χ1) is 9.19. The van der Waals surface area contributed by atoms with E-state index in [9.17, 15) is 0 Å². The van der Waals surface area contributed by atoms with E-state index in [1.165, 1.54) is 0 Å². The Morgan fingerprint density at radius 3 is 2.63 bits per heavy atom. The van der Waals surface area contributed by atoms with E-state index in [-0.39, 0.29) is 0 Å². The van der Waals surface area contributed by atoms with Gasteiger partial charge >= 0.3 is 0 Å². The average Bonchev–Trinajstić information content (AvgIpc) is 2.90. The van der Waals surface area contributed by atoms with Crippen LogP contribution in [0.5, 0.6) is 5.75 Å². The monoisotopic (exact) mass is 262 g/mol. The number of hydrogen-bond donors (Lipinski definition) is 1. The lowest BCUT2D eigenvalue weighted by Gasteiger charge is -2.14. The third kappa shape index (κ3) is 2.62. The first-order valence-corrected chi connectivity index (χ1v) is 6.22. The Bertz CT molecular complexity index is 549. The van der Waals surface area contributed by atoms with Crippen LogP contribution in [0.3, 0.4) is 0 Å². The first-order valence-electron chi connectivity index (χ1n) is 6.22. The number of rotatable bonds is 5. The van der Waals surface area contributed by atoms with Gasteiger partial charge in [0.2, 0.25) is 0 Å². The van der Waals surface area contributed by atoms with Gasteiger partial charge in [0, 0.05) is 18.7 Å². The minimum atomic E-state index is 0.455. The molecule has 102 valence electrons. The van der Waals surface area contributed by atoms with Crippen LogP contribution in [0.15, 0.2) is 22.7 Å². The lowest BCUT2D eigenvalue weighted by atomic mass is 10.2. The maximum Gasteiger partial charge on any atom is 0.266 e. The summed E-state index contributed by atoms with van der Waals surface area (Å²) in [6, 6.07) is 5.39. The Labute approximate surface area is 112 Å². The molecule has 0 saturated heterocycles. The molecule has 0 atom stereocenters. The Morgan fingerprint density at radius 2 is 2.05 bits per heavy atom. The number of anilines is 2. The van der Waals surface area contributed by atoms with Gasteiger partial charge < -0.3 is 19.9 Å². The second-order valence-electron chi connectivity index (χ2n) is 4.03. The Morgan fingerprint density at radius 1 is 1.32 bits per heavy atom. The van der Waals surface area contributed by atoms with Crippen molar-refractivity contribution >= 4 is 11.6 Å². The van der Waals surface area contributed by atoms with Crippen LogP contribution in [0.25, 0.3) is 11.5 Å². The van der Waals surface area contributed by atoms with E-state index in [0.717, 1.165) is 18.7 Å². The highest BCUT2D eigenvalue weighted by Crippen LogP contribution is 2.28. The van der Waals surface area contributed by atoms with Crippen LogP contribution in [-0.2, 0) is 0 Å². The van der Waals surface area contributed by atoms with E-state index < -0.39 is 0 Å². The summed E-state index contributed by atoms with van der Waals surface area (Å²) in [7, 11) is 1.58. The Balaban J connectivity index is 2.30. The van der Waals surface area contributed by atoms with E-state index in [2.05, 4.69) is 10.1 Å². The molecule has 19 heavy (non-hydrogen) atoms. The number of nitrogens with zero attached hydrogens (tertiary/aromatic N) is 3. The predicted octanol–water partition coefficient (Wildman–Crippen LogP) is 2.17. The fourth-order valence-corrected chi connectivity index (χ4v) is 1.84. The maximum absolute atomic E-state index is 5.86. The molecule has 6 heteroatoms. The highest BCUT2D eigenvalue weighted by Gasteiger charge is 2.13. The molecule has 0 unspecified atom stereocenters. The summed E-state index contributed by atoms with van der Waals surface area (Å²) in [4.78, 5) is 6.38. The van der Waals surface area contributed by atoms with Crippen molar-refractivity contribution in [1.82, 2.24) is 10.1 Å². The quantitative estimate of drug-likeness (QED) is 0.832. The van der Waals surface area contributed by atoms with Crippen LogP contribution < -0.4 is 15.4 Å². The largest absolute Gasteiger partial charge is 0.495 e. The second kappa shape index (κ2) is 5.60. The lowest BCUT2D eigenvalue weighted by Crippen LogP contribution is -2.22. The summed E-state index contributed by atoms with van der Waals surface area (Å²) in [5.74, 6) is 1.68. The third-order valence-electron chi connectivity index (χ3n) is 2.94. The van der Waals surface area contributed by atoms with Crippen molar-refractivity contribution in [3.63, 3.8) is 0 Å². The molecule has 0 aliphatic carbocycles. The van der Waals surface area contributed by atoms with Gasteiger partial charge in [0.1, 0.15) is 5.75 Å². The molecule has 2 N–H and O–H groups in total. The van der Waals surface area contributed by atoms with Gasteiger partial charge in [-0.25, -0.2) is 0 Å². The second-order valence-corrected chi connectivity index (χ2v) is 4.03. The topological polar surface area (TPSA) is 77.4 Å². The van der Waals surface area contributed by atoms with Crippen molar-refractivity contribution < 1.29 is 9.26 Å². The van der Waals surface area contributed by atoms with Crippen LogP contribution in [-0.4, -0.2) is 30.3 Å². The van der Waals surface area contributed by atoms with E-state index in [1.807, 2.05) is 24.8 Å². The highest BCUT2D eigenvalue weighted by atomic mass is 16.5. The number of hydrogen-bond acceptors (Lipinski definition) is 6. The number of methoxy groups -OCH3 is 1. The number of nitrogen functional groups attached to an aromatic ring is 1. The van der Waals surface area contributed by atoms with Crippen LogP contribution in [0.4, 0.5) is 11.6 Å². The van der Waals surface area contributed by atoms with E-state index in [0.29, 0.717) is 23.3 Å². The molecule has 0 bridgehead atoms. The lowest BCUT2D eigenvalue weighted by molar-refractivity contribution is 0.416. The van der Waals surface area contributed by atoms with E-state index in [1.54, 1.807) is 19.2 Å². The fourth-order valence-electron chi connectivity index (χ4n) is 1.84. The van der Waals surface area contributed by atoms with Crippen molar-refractivity contribution in [3.05, 3.63) is 18.2 Å². The summed E-state index contributed by atoms with van der Waals surface area (Å²) in [5, 5.41) is 3.97. The fraction of sp³-hybridized carbons (Fsp3) is 0.385. The standard InChI is InChI=1S/C13H18N4O2/c1-4-17(5-2)13-15-12(19-16-13)9-6-7-11(18-3)10(14)8-9/h6-8H,4-5,14H2,1-3H3. The molecule has 0 saturated carbocycles. The normalized spacial score (nSPS) is 10.5. The van der Waals surface area contributed by atoms with Crippen LogP contribution in [0.2, 0.25) is 0 Å². The molecule has 2 aromatic rings. The number of benzene rings is 1.